The number of hydrogen-bond donors (Lipinski definition) is 2. The summed E-state index contributed by atoms with van der Waals surface area (Å²) in [7, 11) is -2.43. The van der Waals surface area contributed by atoms with Crippen molar-refractivity contribution >= 4 is 16.1 Å². The molecule has 2 saturated heterocycles. The van der Waals surface area contributed by atoms with Crippen molar-refractivity contribution in [1.82, 2.24) is 9.62 Å². The molecule has 2 N–H and O–H groups in total. The van der Waals surface area contributed by atoms with E-state index in [1.807, 2.05) is 44.2 Å². The first-order valence-corrected chi connectivity index (χ1v) is 15.1. The second-order valence-electron chi connectivity index (χ2n) is 10.7. The van der Waals surface area contributed by atoms with Gasteiger partial charge in [-0.25, -0.2) is 13.2 Å². The second kappa shape index (κ2) is 13.8. The van der Waals surface area contributed by atoms with Crippen molar-refractivity contribution in [1.29, 1.82) is 0 Å². The van der Waals surface area contributed by atoms with Gasteiger partial charge in [-0.1, -0.05) is 44.2 Å². The molecule has 2 heterocycles. The molecular weight excluding hydrogens is 536 g/mol. The number of aliphatic hydroxyl groups is 1. The van der Waals surface area contributed by atoms with Crippen molar-refractivity contribution in [2.75, 3.05) is 40.0 Å². The average Bonchev–Trinajstić information content (AvgIpc) is 3.43. The number of amides is 1. The molecule has 2 aliphatic rings. The van der Waals surface area contributed by atoms with E-state index in [0.717, 1.165) is 5.56 Å². The molecule has 40 heavy (non-hydrogen) atoms. The fourth-order valence-electron chi connectivity index (χ4n) is 5.15. The maximum absolute atomic E-state index is 13.6. The summed E-state index contributed by atoms with van der Waals surface area (Å²) in [4.78, 5) is 13.2. The molecule has 220 valence electrons. The predicted molar refractivity (Wildman–Crippen MR) is 149 cm³/mol. The second-order valence-corrected chi connectivity index (χ2v) is 12.7. The molecule has 0 aromatic heterocycles. The third-order valence-electron chi connectivity index (χ3n) is 7.26. The Morgan fingerprint density at radius 2 is 1.82 bits per heavy atom. The van der Waals surface area contributed by atoms with Crippen molar-refractivity contribution in [2.24, 2.45) is 11.8 Å². The molecule has 0 spiro atoms. The monoisotopic (exact) mass is 576 g/mol. The van der Waals surface area contributed by atoms with Crippen LogP contribution in [0.4, 0.5) is 4.79 Å². The largest absolute Gasteiger partial charge is 0.497 e. The van der Waals surface area contributed by atoms with Crippen molar-refractivity contribution in [2.45, 2.75) is 55.9 Å². The van der Waals surface area contributed by atoms with Crippen molar-refractivity contribution < 1.29 is 37.3 Å². The molecule has 0 radical (unpaired) electrons. The lowest BCUT2D eigenvalue weighted by molar-refractivity contribution is -0.0736. The molecule has 0 bridgehead atoms. The maximum atomic E-state index is 13.6. The van der Waals surface area contributed by atoms with Crippen LogP contribution < -0.4 is 10.1 Å². The van der Waals surface area contributed by atoms with Crippen LogP contribution >= 0.6 is 0 Å². The Bertz CT molecular complexity index is 1190. The summed E-state index contributed by atoms with van der Waals surface area (Å²) in [5.74, 6) is 0.508. The Labute approximate surface area is 236 Å². The Balaban J connectivity index is 1.51. The molecule has 2 aromatic rings. The van der Waals surface area contributed by atoms with Crippen LogP contribution in [-0.4, -0.2) is 88.3 Å². The van der Waals surface area contributed by atoms with E-state index in [9.17, 15) is 18.3 Å². The van der Waals surface area contributed by atoms with Crippen LogP contribution in [0.15, 0.2) is 59.5 Å². The van der Waals surface area contributed by atoms with Crippen molar-refractivity contribution in [3.8, 4) is 5.75 Å². The van der Waals surface area contributed by atoms with Gasteiger partial charge in [-0.2, -0.15) is 4.31 Å². The number of nitrogens with one attached hydrogen (secondary N) is 1. The van der Waals surface area contributed by atoms with E-state index in [0.29, 0.717) is 32.0 Å². The Kier molecular flexibility index (Phi) is 10.4. The standard InChI is InChI=1S/C29H40N2O8S/c1-20(2)16-31(40(34,35)23-11-9-22(36-3)10-12-23)17-26(32)25(15-21-7-5-4-6-8-21)30-29(33)39-27-13-14-38-28-19-37-18-24(27)28/h4-12,20,24-28,32H,13-19H2,1-3H3,(H,30,33)/t24-,25-,26+,27-,28-/m0/s1. The number of aliphatic hydroxyl groups excluding tert-OH is 1. The molecule has 4 rings (SSSR count). The molecule has 0 saturated carbocycles. The highest BCUT2D eigenvalue weighted by Crippen LogP contribution is 2.29. The number of benzene rings is 2. The summed E-state index contributed by atoms with van der Waals surface area (Å²) in [5, 5.41) is 14.2. The molecule has 5 atom stereocenters. The number of carbonyl (C=O) groups excluding carboxylic acids is 1. The lowest BCUT2D eigenvalue weighted by atomic mass is 9.94. The van der Waals surface area contributed by atoms with E-state index in [1.54, 1.807) is 12.1 Å². The summed E-state index contributed by atoms with van der Waals surface area (Å²) in [6.45, 7) is 5.23. The minimum Gasteiger partial charge on any atom is -0.497 e. The van der Waals surface area contributed by atoms with Crippen LogP contribution in [0.25, 0.3) is 0 Å². The number of rotatable bonds is 12. The van der Waals surface area contributed by atoms with Gasteiger partial charge in [0.25, 0.3) is 0 Å². The number of ether oxygens (including phenoxy) is 4. The molecule has 0 aliphatic carbocycles. The zero-order chi connectivity index (χ0) is 28.7. The zero-order valence-corrected chi connectivity index (χ0v) is 24.1. The molecule has 10 nitrogen and oxygen atoms in total. The van der Waals surface area contributed by atoms with Gasteiger partial charge in [0, 0.05) is 25.4 Å². The average molecular weight is 577 g/mol. The molecule has 1 amide bonds. The van der Waals surface area contributed by atoms with Crippen molar-refractivity contribution in [3.05, 3.63) is 60.2 Å². The quantitative estimate of drug-likeness (QED) is 0.396. The minimum absolute atomic E-state index is 0.000757. The Hall–Kier alpha value is -2.70. The third kappa shape index (κ3) is 7.73. The van der Waals surface area contributed by atoms with E-state index in [2.05, 4.69) is 5.32 Å². The van der Waals surface area contributed by atoms with Crippen LogP contribution in [0.2, 0.25) is 0 Å². The predicted octanol–water partition coefficient (Wildman–Crippen LogP) is 2.84. The van der Waals surface area contributed by atoms with Crippen LogP contribution in [-0.2, 0) is 30.7 Å². The van der Waals surface area contributed by atoms with E-state index >= 15 is 0 Å². The topological polar surface area (TPSA) is 124 Å². The molecule has 11 heteroatoms. The van der Waals surface area contributed by atoms with Crippen LogP contribution in [0.3, 0.4) is 0 Å². The van der Waals surface area contributed by atoms with Gasteiger partial charge in [-0.3, -0.25) is 0 Å². The first-order valence-electron chi connectivity index (χ1n) is 13.7. The SMILES string of the molecule is COc1ccc(S(=O)(=O)N(CC(C)C)C[C@@H](O)[C@H](Cc2ccccc2)NC(=O)O[C@H]2CCO[C@H]3COC[C@H]32)cc1. The number of methoxy groups -OCH3 is 1. The minimum atomic E-state index is -3.94. The highest BCUT2D eigenvalue weighted by molar-refractivity contribution is 7.89. The molecular formula is C29H40N2O8S. The highest BCUT2D eigenvalue weighted by Gasteiger charge is 2.41. The number of nitrogens with zero attached hydrogens (tertiary/aromatic N) is 1. The highest BCUT2D eigenvalue weighted by atomic mass is 32.2. The third-order valence-corrected chi connectivity index (χ3v) is 9.11. The van der Waals surface area contributed by atoms with Gasteiger partial charge in [0.1, 0.15) is 11.9 Å². The van der Waals surface area contributed by atoms with Gasteiger partial charge in [0.15, 0.2) is 0 Å². The smallest absolute Gasteiger partial charge is 0.407 e. The number of sulfonamides is 1. The van der Waals surface area contributed by atoms with Crippen LogP contribution in [0.1, 0.15) is 25.8 Å². The number of carbonyl (C=O) groups is 1. The van der Waals surface area contributed by atoms with Gasteiger partial charge < -0.3 is 29.4 Å². The normalized spacial score (nSPS) is 22.5. The summed E-state index contributed by atoms with van der Waals surface area (Å²) in [6, 6.07) is 14.8. The van der Waals surface area contributed by atoms with Gasteiger partial charge in [0.05, 0.1) is 50.1 Å². The van der Waals surface area contributed by atoms with Gasteiger partial charge in [0.2, 0.25) is 10.0 Å². The van der Waals surface area contributed by atoms with E-state index in [1.165, 1.54) is 23.5 Å². The van der Waals surface area contributed by atoms with Gasteiger partial charge in [-0.05, 0) is 42.2 Å². The molecule has 2 aromatic carbocycles. The Morgan fingerprint density at radius 1 is 1.10 bits per heavy atom. The first kappa shape index (κ1) is 30.3. The summed E-state index contributed by atoms with van der Waals surface area (Å²) >= 11 is 0. The van der Waals surface area contributed by atoms with E-state index in [-0.39, 0.29) is 48.4 Å². The van der Waals surface area contributed by atoms with Gasteiger partial charge >= 0.3 is 6.09 Å². The molecule has 2 fully saturated rings. The number of alkyl carbamates (subject to hydrolysis) is 1. The van der Waals surface area contributed by atoms with Gasteiger partial charge in [-0.15, -0.1) is 0 Å². The summed E-state index contributed by atoms with van der Waals surface area (Å²) in [6.07, 6.45) is -1.47. The first-order chi connectivity index (χ1) is 19.2. The van der Waals surface area contributed by atoms with Crippen LogP contribution in [0, 0.1) is 11.8 Å². The fraction of sp³-hybridized carbons (Fsp3) is 0.552. The van der Waals surface area contributed by atoms with Crippen LogP contribution in [0.5, 0.6) is 5.75 Å². The fourth-order valence-corrected chi connectivity index (χ4v) is 6.77. The molecule has 2 aliphatic heterocycles. The Morgan fingerprint density at radius 3 is 2.50 bits per heavy atom. The zero-order valence-electron chi connectivity index (χ0n) is 23.3. The lowest BCUT2D eigenvalue weighted by Gasteiger charge is -2.33. The van der Waals surface area contributed by atoms with E-state index in [4.69, 9.17) is 18.9 Å². The summed E-state index contributed by atoms with van der Waals surface area (Å²) in [5.41, 5.74) is 0.885. The van der Waals surface area contributed by atoms with E-state index < -0.39 is 28.3 Å². The summed E-state index contributed by atoms with van der Waals surface area (Å²) < 4.78 is 50.7. The maximum Gasteiger partial charge on any atom is 0.407 e. The molecule has 0 unspecified atom stereocenters. The lowest BCUT2D eigenvalue weighted by Crippen LogP contribution is -2.52. The van der Waals surface area contributed by atoms with Crippen molar-refractivity contribution in [3.63, 3.8) is 0 Å². The number of fused-ring (bicyclic) bond motifs is 1. The number of hydrogen-bond acceptors (Lipinski definition) is 8.